The van der Waals surface area contributed by atoms with Crippen molar-refractivity contribution in [3.63, 3.8) is 0 Å². The zero-order valence-electron chi connectivity index (χ0n) is 14.8. The number of rotatable bonds is 8. The van der Waals surface area contributed by atoms with Crippen LogP contribution in [0, 0.1) is 0 Å². The molecule has 0 saturated carbocycles. The van der Waals surface area contributed by atoms with E-state index in [1.807, 2.05) is 12.1 Å². The van der Waals surface area contributed by atoms with E-state index in [9.17, 15) is 14.7 Å². The molecular formula is C20H20ClNO5. The molecule has 27 heavy (non-hydrogen) atoms. The molecule has 0 fully saturated rings. The van der Waals surface area contributed by atoms with Crippen LogP contribution in [0.15, 0.2) is 48.5 Å². The minimum atomic E-state index is -0.644. The normalized spacial score (nSPS) is 10.6. The number of phenolic OH excluding ortho intramolecular Hbond substituents is 1. The summed E-state index contributed by atoms with van der Waals surface area (Å²) in [5.41, 5.74) is 1.69. The minimum Gasteiger partial charge on any atom is -0.504 e. The lowest BCUT2D eigenvalue weighted by atomic mass is 10.1. The van der Waals surface area contributed by atoms with Gasteiger partial charge in [-0.05, 0) is 47.9 Å². The molecule has 2 N–H and O–H groups in total. The first-order chi connectivity index (χ1) is 13.0. The maximum Gasteiger partial charge on any atom is 0.331 e. The number of methoxy groups -OCH3 is 1. The van der Waals surface area contributed by atoms with Gasteiger partial charge < -0.3 is 19.9 Å². The van der Waals surface area contributed by atoms with Crippen molar-refractivity contribution in [1.29, 1.82) is 0 Å². The van der Waals surface area contributed by atoms with E-state index in [2.05, 4.69) is 5.32 Å². The molecule has 0 aromatic heterocycles. The summed E-state index contributed by atoms with van der Waals surface area (Å²) in [6.45, 7) is 0.0733. The Morgan fingerprint density at radius 2 is 1.93 bits per heavy atom. The highest BCUT2D eigenvalue weighted by Crippen LogP contribution is 2.26. The standard InChI is InChI=1S/C20H20ClNO5/c1-26-18-12-15(4-8-17(18)23)5-9-20(25)27-13-19(24)22-11-10-14-2-6-16(21)7-3-14/h2-9,12,23H,10-11,13H2,1H3,(H,22,24)/b9-5+. The number of ether oxygens (including phenoxy) is 2. The molecule has 0 aliphatic carbocycles. The largest absolute Gasteiger partial charge is 0.504 e. The van der Waals surface area contributed by atoms with Gasteiger partial charge in [0.15, 0.2) is 18.1 Å². The number of phenols is 1. The third-order valence-electron chi connectivity index (χ3n) is 3.61. The van der Waals surface area contributed by atoms with Crippen LogP contribution in [-0.2, 0) is 20.7 Å². The molecule has 0 heterocycles. The molecule has 142 valence electrons. The summed E-state index contributed by atoms with van der Waals surface area (Å²) < 4.78 is 9.88. The summed E-state index contributed by atoms with van der Waals surface area (Å²) in [6, 6.07) is 12.0. The molecule has 2 rings (SSSR count). The van der Waals surface area contributed by atoms with Crippen molar-refractivity contribution >= 4 is 29.6 Å². The molecule has 0 unspecified atom stereocenters. The fourth-order valence-corrected chi connectivity index (χ4v) is 2.32. The molecule has 0 aliphatic rings. The van der Waals surface area contributed by atoms with Gasteiger partial charge in [-0.15, -0.1) is 0 Å². The van der Waals surface area contributed by atoms with Gasteiger partial charge in [0.05, 0.1) is 7.11 Å². The second-order valence-electron chi connectivity index (χ2n) is 5.60. The number of nitrogens with one attached hydrogen (secondary N) is 1. The quantitative estimate of drug-likeness (QED) is 0.535. The molecule has 7 heteroatoms. The third-order valence-corrected chi connectivity index (χ3v) is 3.86. The number of carbonyl (C=O) groups is 2. The lowest BCUT2D eigenvalue weighted by Crippen LogP contribution is -2.30. The van der Waals surface area contributed by atoms with Crippen LogP contribution in [0.5, 0.6) is 11.5 Å². The molecule has 0 spiro atoms. The minimum absolute atomic E-state index is 0.00694. The number of amides is 1. The number of esters is 1. The van der Waals surface area contributed by atoms with Crippen LogP contribution in [0.3, 0.4) is 0 Å². The van der Waals surface area contributed by atoms with Gasteiger partial charge in [-0.25, -0.2) is 4.79 Å². The van der Waals surface area contributed by atoms with Crippen LogP contribution >= 0.6 is 11.6 Å². The SMILES string of the molecule is COc1cc(/C=C/C(=O)OCC(=O)NCCc2ccc(Cl)cc2)ccc1O. The molecule has 0 aliphatic heterocycles. The number of carbonyl (C=O) groups excluding carboxylic acids is 2. The molecule has 2 aromatic carbocycles. The Bertz CT molecular complexity index is 818. The van der Waals surface area contributed by atoms with Gasteiger partial charge >= 0.3 is 5.97 Å². The van der Waals surface area contributed by atoms with E-state index in [4.69, 9.17) is 21.1 Å². The summed E-state index contributed by atoms with van der Waals surface area (Å²) in [5, 5.41) is 12.9. The topological polar surface area (TPSA) is 84.9 Å². The van der Waals surface area contributed by atoms with Crippen LogP contribution in [-0.4, -0.2) is 37.2 Å². The van der Waals surface area contributed by atoms with Crippen LogP contribution in [0.2, 0.25) is 5.02 Å². The molecule has 0 bridgehead atoms. The average molecular weight is 390 g/mol. The third kappa shape index (κ3) is 7.03. The van der Waals surface area contributed by atoms with Crippen LogP contribution in [0.25, 0.3) is 6.08 Å². The number of benzene rings is 2. The highest BCUT2D eigenvalue weighted by atomic mass is 35.5. The van der Waals surface area contributed by atoms with Gasteiger partial charge in [-0.2, -0.15) is 0 Å². The first kappa shape index (κ1) is 20.3. The molecule has 1 amide bonds. The molecular weight excluding hydrogens is 370 g/mol. The van der Waals surface area contributed by atoms with Crippen molar-refractivity contribution in [2.24, 2.45) is 0 Å². The predicted molar refractivity (Wildman–Crippen MR) is 103 cm³/mol. The van der Waals surface area contributed by atoms with Crippen molar-refractivity contribution in [3.05, 3.63) is 64.7 Å². The maximum atomic E-state index is 11.7. The number of hydrogen-bond acceptors (Lipinski definition) is 5. The van der Waals surface area contributed by atoms with Crippen molar-refractivity contribution in [3.8, 4) is 11.5 Å². The first-order valence-electron chi connectivity index (χ1n) is 8.21. The fourth-order valence-electron chi connectivity index (χ4n) is 2.20. The lowest BCUT2D eigenvalue weighted by Gasteiger charge is -2.06. The van der Waals surface area contributed by atoms with E-state index in [-0.39, 0.29) is 18.3 Å². The Morgan fingerprint density at radius 1 is 1.19 bits per heavy atom. The summed E-state index contributed by atoms with van der Waals surface area (Å²) in [7, 11) is 1.43. The van der Waals surface area contributed by atoms with E-state index >= 15 is 0 Å². The Hall–Kier alpha value is -2.99. The predicted octanol–water partition coefficient (Wildman–Crippen LogP) is 2.97. The zero-order valence-corrected chi connectivity index (χ0v) is 15.5. The van der Waals surface area contributed by atoms with E-state index < -0.39 is 5.97 Å². The smallest absolute Gasteiger partial charge is 0.331 e. The Balaban J connectivity index is 1.71. The Kier molecular flexibility index (Phi) is 7.70. The number of halogens is 1. The molecule has 6 nitrogen and oxygen atoms in total. The van der Waals surface area contributed by atoms with Gasteiger partial charge in [0.25, 0.3) is 5.91 Å². The van der Waals surface area contributed by atoms with Crippen LogP contribution in [0.1, 0.15) is 11.1 Å². The zero-order chi connectivity index (χ0) is 19.6. The molecule has 0 radical (unpaired) electrons. The van der Waals surface area contributed by atoms with Crippen LogP contribution < -0.4 is 10.1 Å². The number of aromatic hydroxyl groups is 1. The lowest BCUT2D eigenvalue weighted by molar-refractivity contribution is -0.143. The van der Waals surface area contributed by atoms with E-state index in [0.717, 1.165) is 5.56 Å². The van der Waals surface area contributed by atoms with Crippen molar-refractivity contribution < 1.29 is 24.2 Å². The van der Waals surface area contributed by atoms with Gasteiger partial charge in [-0.1, -0.05) is 29.8 Å². The first-order valence-corrected chi connectivity index (χ1v) is 8.58. The van der Waals surface area contributed by atoms with Gasteiger partial charge in [-0.3, -0.25) is 4.79 Å². The van der Waals surface area contributed by atoms with Gasteiger partial charge in [0.1, 0.15) is 0 Å². The van der Waals surface area contributed by atoms with E-state index in [1.165, 1.54) is 25.3 Å². The Labute approximate surface area is 162 Å². The highest BCUT2D eigenvalue weighted by molar-refractivity contribution is 6.30. The second kappa shape index (κ2) is 10.2. The van der Waals surface area contributed by atoms with E-state index in [0.29, 0.717) is 29.3 Å². The second-order valence-corrected chi connectivity index (χ2v) is 6.04. The fraction of sp³-hybridized carbons (Fsp3) is 0.200. The van der Waals surface area contributed by atoms with Crippen molar-refractivity contribution in [1.82, 2.24) is 5.32 Å². The summed E-state index contributed by atoms with van der Waals surface area (Å²) in [5.74, 6) is -0.718. The van der Waals surface area contributed by atoms with E-state index in [1.54, 1.807) is 24.3 Å². The maximum absolute atomic E-state index is 11.7. The number of hydrogen-bond donors (Lipinski definition) is 2. The summed E-state index contributed by atoms with van der Waals surface area (Å²) in [4.78, 5) is 23.4. The van der Waals surface area contributed by atoms with Crippen molar-refractivity contribution in [2.75, 3.05) is 20.3 Å². The summed E-state index contributed by atoms with van der Waals surface area (Å²) in [6.07, 6.45) is 3.36. The monoisotopic (exact) mass is 389 g/mol. The highest BCUT2D eigenvalue weighted by Gasteiger charge is 2.05. The van der Waals surface area contributed by atoms with Crippen molar-refractivity contribution in [2.45, 2.75) is 6.42 Å². The average Bonchev–Trinajstić information content (AvgIpc) is 2.67. The summed E-state index contributed by atoms with van der Waals surface area (Å²) >= 11 is 5.81. The van der Waals surface area contributed by atoms with Crippen LogP contribution in [0.4, 0.5) is 0 Å². The molecule has 0 atom stereocenters. The van der Waals surface area contributed by atoms with Gasteiger partial charge in [0, 0.05) is 17.6 Å². The Morgan fingerprint density at radius 3 is 2.63 bits per heavy atom. The molecule has 2 aromatic rings. The van der Waals surface area contributed by atoms with Gasteiger partial charge in [0.2, 0.25) is 0 Å². The molecule has 0 saturated heterocycles.